The highest BCUT2D eigenvalue weighted by Crippen LogP contribution is 2.37. The lowest BCUT2D eigenvalue weighted by atomic mass is 10.1. The molecule has 1 aromatic rings. The Hall–Kier alpha value is -1.27. The molecule has 1 amide bonds. The first kappa shape index (κ1) is 17.8. The quantitative estimate of drug-likeness (QED) is 0.709. The molecule has 3 N–H and O–H groups in total. The Morgan fingerprint density at radius 3 is 2.71 bits per heavy atom. The van der Waals surface area contributed by atoms with E-state index >= 15 is 0 Å². The summed E-state index contributed by atoms with van der Waals surface area (Å²) in [5.74, 6) is 1.03. The van der Waals surface area contributed by atoms with Gasteiger partial charge in [0.15, 0.2) is 18.1 Å². The smallest absolute Gasteiger partial charge is 0.257 e. The number of halogens is 1. The van der Waals surface area contributed by atoms with Crippen LogP contribution in [0.3, 0.4) is 0 Å². The molecule has 1 rings (SSSR count). The maximum Gasteiger partial charge on any atom is 0.257 e. The maximum absolute atomic E-state index is 11.6. The average Bonchev–Trinajstić information content (AvgIpc) is 2.45. The molecule has 0 fully saturated rings. The number of rotatable bonds is 9. The fourth-order valence-electron chi connectivity index (χ4n) is 1.79. The van der Waals surface area contributed by atoms with Gasteiger partial charge in [0.05, 0.1) is 11.1 Å². The Morgan fingerprint density at radius 2 is 2.10 bits per heavy atom. The van der Waals surface area contributed by atoms with Gasteiger partial charge in [-0.05, 0) is 59.9 Å². The molecule has 21 heavy (non-hydrogen) atoms. The van der Waals surface area contributed by atoms with Crippen LogP contribution in [0.25, 0.3) is 0 Å². The van der Waals surface area contributed by atoms with E-state index in [0.29, 0.717) is 31.2 Å². The Labute approximate surface area is 134 Å². The third-order valence-corrected chi connectivity index (χ3v) is 3.31. The first-order valence-electron chi connectivity index (χ1n) is 7.17. The van der Waals surface area contributed by atoms with E-state index in [9.17, 15) is 4.79 Å². The standard InChI is InChI=1S/C15H23BrN2O3/c1-3-7-18-14(19)10-21-15-12(16)8-11(5-6-17)9-13(15)20-4-2/h8-9H,3-7,10,17H2,1-2H3,(H,18,19). The van der Waals surface area contributed by atoms with Gasteiger partial charge < -0.3 is 20.5 Å². The van der Waals surface area contributed by atoms with E-state index in [4.69, 9.17) is 15.2 Å². The number of carbonyl (C=O) groups is 1. The number of hydrogen-bond donors (Lipinski definition) is 2. The van der Waals surface area contributed by atoms with Crippen molar-refractivity contribution in [2.24, 2.45) is 5.73 Å². The molecular weight excluding hydrogens is 336 g/mol. The lowest BCUT2D eigenvalue weighted by molar-refractivity contribution is -0.123. The highest BCUT2D eigenvalue weighted by Gasteiger charge is 2.13. The van der Waals surface area contributed by atoms with Crippen LogP contribution in [-0.2, 0) is 11.2 Å². The first-order valence-corrected chi connectivity index (χ1v) is 7.96. The Kier molecular flexibility index (Phi) is 8.15. The van der Waals surface area contributed by atoms with Crippen LogP contribution in [0.2, 0.25) is 0 Å². The number of amides is 1. The van der Waals surface area contributed by atoms with Gasteiger partial charge in [-0.2, -0.15) is 0 Å². The summed E-state index contributed by atoms with van der Waals surface area (Å²) in [5, 5.41) is 2.77. The summed E-state index contributed by atoms with van der Waals surface area (Å²) in [6, 6.07) is 3.84. The van der Waals surface area contributed by atoms with Gasteiger partial charge in [0.1, 0.15) is 0 Å². The van der Waals surface area contributed by atoms with Crippen LogP contribution in [0, 0.1) is 0 Å². The lowest BCUT2D eigenvalue weighted by Crippen LogP contribution is -2.29. The van der Waals surface area contributed by atoms with Crippen LogP contribution < -0.4 is 20.5 Å². The highest BCUT2D eigenvalue weighted by atomic mass is 79.9. The highest BCUT2D eigenvalue weighted by molar-refractivity contribution is 9.10. The number of benzene rings is 1. The van der Waals surface area contributed by atoms with Gasteiger partial charge in [-0.1, -0.05) is 6.92 Å². The molecule has 0 aromatic heterocycles. The van der Waals surface area contributed by atoms with Crippen LogP contribution in [0.5, 0.6) is 11.5 Å². The number of nitrogens with two attached hydrogens (primary N) is 1. The molecule has 0 unspecified atom stereocenters. The third-order valence-electron chi connectivity index (χ3n) is 2.72. The minimum atomic E-state index is -0.141. The second-order valence-electron chi connectivity index (χ2n) is 4.52. The third kappa shape index (κ3) is 5.93. The van der Waals surface area contributed by atoms with Crippen LogP contribution in [0.15, 0.2) is 16.6 Å². The Bertz CT molecular complexity index is 466. The van der Waals surface area contributed by atoms with E-state index < -0.39 is 0 Å². The van der Waals surface area contributed by atoms with Crippen molar-refractivity contribution < 1.29 is 14.3 Å². The number of carbonyl (C=O) groups excluding carboxylic acids is 1. The molecule has 0 atom stereocenters. The predicted octanol–water partition coefficient (Wildman–Crippen LogP) is 2.25. The average molecular weight is 359 g/mol. The normalized spacial score (nSPS) is 10.3. The van der Waals surface area contributed by atoms with Crippen LogP contribution in [0.1, 0.15) is 25.8 Å². The van der Waals surface area contributed by atoms with Gasteiger partial charge >= 0.3 is 0 Å². The van der Waals surface area contributed by atoms with Gasteiger partial charge in [0.25, 0.3) is 5.91 Å². The number of nitrogens with one attached hydrogen (secondary N) is 1. The topological polar surface area (TPSA) is 73.6 Å². The molecule has 0 saturated carbocycles. The van der Waals surface area contributed by atoms with Crippen molar-refractivity contribution in [3.8, 4) is 11.5 Å². The molecule has 0 radical (unpaired) electrons. The second-order valence-corrected chi connectivity index (χ2v) is 5.37. The molecule has 0 bridgehead atoms. The number of hydrogen-bond acceptors (Lipinski definition) is 4. The summed E-state index contributed by atoms with van der Waals surface area (Å²) >= 11 is 3.46. The van der Waals surface area contributed by atoms with E-state index in [1.165, 1.54) is 0 Å². The fraction of sp³-hybridized carbons (Fsp3) is 0.533. The molecular formula is C15H23BrN2O3. The Morgan fingerprint density at radius 1 is 1.33 bits per heavy atom. The van der Waals surface area contributed by atoms with E-state index in [1.54, 1.807) is 0 Å². The lowest BCUT2D eigenvalue weighted by Gasteiger charge is -2.15. The largest absolute Gasteiger partial charge is 0.490 e. The summed E-state index contributed by atoms with van der Waals surface area (Å²) in [5.41, 5.74) is 6.64. The van der Waals surface area contributed by atoms with Crippen molar-refractivity contribution >= 4 is 21.8 Å². The molecule has 0 spiro atoms. The van der Waals surface area contributed by atoms with Gasteiger partial charge in [0.2, 0.25) is 0 Å². The molecule has 0 aliphatic heterocycles. The molecule has 0 saturated heterocycles. The summed E-state index contributed by atoms with van der Waals surface area (Å²) in [4.78, 5) is 11.6. The minimum Gasteiger partial charge on any atom is -0.490 e. The van der Waals surface area contributed by atoms with Crippen molar-refractivity contribution in [2.45, 2.75) is 26.7 Å². The SMILES string of the molecule is CCCNC(=O)COc1c(Br)cc(CCN)cc1OCC. The summed E-state index contributed by atoms with van der Waals surface area (Å²) in [6.07, 6.45) is 1.66. The Balaban J connectivity index is 2.81. The zero-order valence-electron chi connectivity index (χ0n) is 12.6. The number of ether oxygens (including phenoxy) is 2. The van der Waals surface area contributed by atoms with E-state index in [0.717, 1.165) is 22.9 Å². The van der Waals surface area contributed by atoms with Gasteiger partial charge in [-0.3, -0.25) is 4.79 Å². The molecule has 0 aliphatic rings. The van der Waals surface area contributed by atoms with Crippen molar-refractivity contribution in [1.82, 2.24) is 5.32 Å². The zero-order chi connectivity index (χ0) is 15.7. The van der Waals surface area contributed by atoms with Crippen LogP contribution >= 0.6 is 15.9 Å². The van der Waals surface area contributed by atoms with E-state index in [2.05, 4.69) is 21.2 Å². The maximum atomic E-state index is 11.6. The van der Waals surface area contributed by atoms with Crippen molar-refractivity contribution in [2.75, 3.05) is 26.3 Å². The fourth-order valence-corrected chi connectivity index (χ4v) is 2.39. The zero-order valence-corrected chi connectivity index (χ0v) is 14.2. The summed E-state index contributed by atoms with van der Waals surface area (Å²) in [6.45, 7) is 5.61. The van der Waals surface area contributed by atoms with Crippen molar-refractivity contribution in [3.05, 3.63) is 22.2 Å². The monoisotopic (exact) mass is 358 g/mol. The van der Waals surface area contributed by atoms with E-state index in [1.807, 2.05) is 26.0 Å². The second kappa shape index (κ2) is 9.63. The molecule has 0 heterocycles. The van der Waals surface area contributed by atoms with Gasteiger partial charge in [-0.15, -0.1) is 0 Å². The summed E-state index contributed by atoms with van der Waals surface area (Å²) in [7, 11) is 0. The predicted molar refractivity (Wildman–Crippen MR) is 86.9 cm³/mol. The van der Waals surface area contributed by atoms with Crippen LogP contribution in [-0.4, -0.2) is 32.2 Å². The minimum absolute atomic E-state index is 0.0328. The van der Waals surface area contributed by atoms with Crippen LogP contribution in [0.4, 0.5) is 0 Å². The molecule has 5 nitrogen and oxygen atoms in total. The van der Waals surface area contributed by atoms with Gasteiger partial charge in [-0.25, -0.2) is 0 Å². The molecule has 0 aliphatic carbocycles. The molecule has 6 heteroatoms. The van der Waals surface area contributed by atoms with Crippen molar-refractivity contribution in [3.63, 3.8) is 0 Å². The van der Waals surface area contributed by atoms with Crippen molar-refractivity contribution in [1.29, 1.82) is 0 Å². The van der Waals surface area contributed by atoms with Gasteiger partial charge in [0, 0.05) is 6.54 Å². The summed E-state index contributed by atoms with van der Waals surface area (Å²) < 4.78 is 12.0. The molecule has 118 valence electrons. The first-order chi connectivity index (χ1) is 10.1. The molecule has 1 aromatic carbocycles. The van der Waals surface area contributed by atoms with E-state index in [-0.39, 0.29) is 12.5 Å².